The van der Waals surface area contributed by atoms with Crippen molar-refractivity contribution in [3.63, 3.8) is 0 Å². The minimum Gasteiger partial charge on any atom is -0.398 e. The third-order valence-corrected chi connectivity index (χ3v) is 2.48. The molecule has 0 radical (unpaired) electrons. The van der Waals surface area contributed by atoms with E-state index in [9.17, 15) is 4.79 Å². The van der Waals surface area contributed by atoms with Gasteiger partial charge in [0.15, 0.2) is 0 Å². The van der Waals surface area contributed by atoms with Crippen LogP contribution in [-0.2, 0) is 11.2 Å². The standard InChI is InChI=1S/C14H18N2O/c1-2-3-4-7-10-16-14(17)11-12-8-5-6-9-13(12)15/h1,5-6,8-9H,3-4,7,10-11,15H2,(H,16,17). The van der Waals surface area contributed by atoms with Crippen molar-refractivity contribution < 1.29 is 4.79 Å². The third-order valence-electron chi connectivity index (χ3n) is 2.48. The fourth-order valence-corrected chi connectivity index (χ4v) is 1.51. The van der Waals surface area contributed by atoms with Crippen LogP contribution in [0.3, 0.4) is 0 Å². The highest BCUT2D eigenvalue weighted by Crippen LogP contribution is 2.10. The Labute approximate surface area is 102 Å². The number of para-hydroxylation sites is 1. The maximum atomic E-state index is 11.6. The predicted octanol–water partition coefficient (Wildman–Crippen LogP) is 1.73. The first-order valence-electron chi connectivity index (χ1n) is 5.77. The summed E-state index contributed by atoms with van der Waals surface area (Å²) in [5.41, 5.74) is 7.29. The Kier molecular flexibility index (Phi) is 5.67. The van der Waals surface area contributed by atoms with Crippen molar-refractivity contribution in [3.05, 3.63) is 29.8 Å². The molecule has 0 bridgehead atoms. The van der Waals surface area contributed by atoms with Crippen molar-refractivity contribution in [3.8, 4) is 12.3 Å². The smallest absolute Gasteiger partial charge is 0.224 e. The van der Waals surface area contributed by atoms with Gasteiger partial charge in [-0.05, 0) is 24.5 Å². The predicted molar refractivity (Wildman–Crippen MR) is 70.3 cm³/mol. The molecule has 0 atom stereocenters. The van der Waals surface area contributed by atoms with E-state index >= 15 is 0 Å². The number of nitrogens with two attached hydrogens (primary N) is 1. The van der Waals surface area contributed by atoms with E-state index in [1.807, 2.05) is 18.2 Å². The van der Waals surface area contributed by atoms with E-state index < -0.39 is 0 Å². The summed E-state index contributed by atoms with van der Waals surface area (Å²) in [4.78, 5) is 11.6. The summed E-state index contributed by atoms with van der Waals surface area (Å²) in [5, 5.41) is 2.85. The average Bonchev–Trinajstić information content (AvgIpc) is 2.32. The van der Waals surface area contributed by atoms with E-state index in [2.05, 4.69) is 11.2 Å². The van der Waals surface area contributed by atoms with E-state index in [4.69, 9.17) is 12.2 Å². The summed E-state index contributed by atoms with van der Waals surface area (Å²) < 4.78 is 0. The molecule has 0 heterocycles. The molecule has 1 amide bonds. The summed E-state index contributed by atoms with van der Waals surface area (Å²) in [6.07, 6.45) is 8.10. The second kappa shape index (κ2) is 7.34. The SMILES string of the molecule is C#CCCCCNC(=O)Cc1ccccc1N. The molecule has 0 fully saturated rings. The number of carbonyl (C=O) groups is 1. The van der Waals surface area contributed by atoms with Gasteiger partial charge in [0, 0.05) is 18.7 Å². The number of nitrogen functional groups attached to an aromatic ring is 1. The molecular weight excluding hydrogens is 212 g/mol. The first-order valence-corrected chi connectivity index (χ1v) is 5.77. The van der Waals surface area contributed by atoms with Gasteiger partial charge in [0.1, 0.15) is 0 Å². The monoisotopic (exact) mass is 230 g/mol. The Morgan fingerprint density at radius 3 is 2.82 bits per heavy atom. The van der Waals surface area contributed by atoms with Gasteiger partial charge < -0.3 is 11.1 Å². The van der Waals surface area contributed by atoms with E-state index in [-0.39, 0.29) is 5.91 Å². The van der Waals surface area contributed by atoms with Crippen LogP contribution in [0, 0.1) is 12.3 Å². The lowest BCUT2D eigenvalue weighted by atomic mass is 10.1. The highest BCUT2D eigenvalue weighted by molar-refractivity contribution is 5.80. The van der Waals surface area contributed by atoms with Gasteiger partial charge >= 0.3 is 0 Å². The van der Waals surface area contributed by atoms with Crippen LogP contribution in [0.1, 0.15) is 24.8 Å². The zero-order valence-corrected chi connectivity index (χ0v) is 9.91. The van der Waals surface area contributed by atoms with Gasteiger partial charge in [0.2, 0.25) is 5.91 Å². The largest absolute Gasteiger partial charge is 0.398 e. The molecule has 3 nitrogen and oxygen atoms in total. The van der Waals surface area contributed by atoms with Gasteiger partial charge in [0.05, 0.1) is 6.42 Å². The van der Waals surface area contributed by atoms with Crippen molar-refractivity contribution in [2.45, 2.75) is 25.7 Å². The van der Waals surface area contributed by atoms with E-state index in [0.717, 1.165) is 24.8 Å². The summed E-state index contributed by atoms with van der Waals surface area (Å²) in [5.74, 6) is 2.58. The Bertz CT molecular complexity index is 407. The highest BCUT2D eigenvalue weighted by Gasteiger charge is 2.04. The normalized spacial score (nSPS) is 9.59. The molecule has 0 aliphatic rings. The number of amides is 1. The molecular formula is C14H18N2O. The molecule has 1 rings (SSSR count). The van der Waals surface area contributed by atoms with Crippen LogP contribution in [0.25, 0.3) is 0 Å². The molecule has 0 aromatic heterocycles. The van der Waals surface area contributed by atoms with Crippen LogP contribution in [0.4, 0.5) is 5.69 Å². The Morgan fingerprint density at radius 1 is 1.35 bits per heavy atom. The molecule has 0 aliphatic carbocycles. The van der Waals surface area contributed by atoms with Gasteiger partial charge in [-0.3, -0.25) is 4.79 Å². The van der Waals surface area contributed by atoms with Crippen LogP contribution >= 0.6 is 0 Å². The number of carbonyl (C=O) groups excluding carboxylic acids is 1. The Hall–Kier alpha value is -1.95. The Morgan fingerprint density at radius 2 is 2.12 bits per heavy atom. The number of hydrogen-bond acceptors (Lipinski definition) is 2. The number of benzene rings is 1. The molecule has 0 spiro atoms. The van der Waals surface area contributed by atoms with Gasteiger partial charge in [-0.25, -0.2) is 0 Å². The fourth-order valence-electron chi connectivity index (χ4n) is 1.51. The maximum Gasteiger partial charge on any atom is 0.224 e. The molecule has 0 unspecified atom stereocenters. The number of rotatable bonds is 6. The number of hydrogen-bond donors (Lipinski definition) is 2. The van der Waals surface area contributed by atoms with E-state index in [1.165, 1.54) is 0 Å². The average molecular weight is 230 g/mol. The van der Waals surface area contributed by atoms with Crippen LogP contribution in [0.15, 0.2) is 24.3 Å². The zero-order valence-electron chi connectivity index (χ0n) is 9.91. The lowest BCUT2D eigenvalue weighted by Gasteiger charge is -2.06. The molecule has 0 saturated heterocycles. The van der Waals surface area contributed by atoms with E-state index in [1.54, 1.807) is 6.07 Å². The summed E-state index contributed by atoms with van der Waals surface area (Å²) in [6, 6.07) is 7.41. The zero-order chi connectivity index (χ0) is 12.5. The third kappa shape index (κ3) is 5.07. The van der Waals surface area contributed by atoms with Gasteiger partial charge in [-0.15, -0.1) is 12.3 Å². The molecule has 1 aromatic carbocycles. The maximum absolute atomic E-state index is 11.6. The minimum absolute atomic E-state index is 0.00334. The molecule has 3 N–H and O–H groups in total. The minimum atomic E-state index is 0.00334. The number of unbranched alkanes of at least 4 members (excludes halogenated alkanes) is 2. The van der Waals surface area contributed by atoms with Crippen molar-refractivity contribution in [1.82, 2.24) is 5.32 Å². The molecule has 0 saturated carbocycles. The molecule has 3 heteroatoms. The van der Waals surface area contributed by atoms with Crippen LogP contribution < -0.4 is 11.1 Å². The summed E-state index contributed by atoms with van der Waals surface area (Å²) in [7, 11) is 0. The van der Waals surface area contributed by atoms with Crippen molar-refractivity contribution >= 4 is 11.6 Å². The van der Waals surface area contributed by atoms with Crippen molar-refractivity contribution in [1.29, 1.82) is 0 Å². The lowest BCUT2D eigenvalue weighted by molar-refractivity contribution is -0.120. The molecule has 1 aromatic rings. The van der Waals surface area contributed by atoms with Gasteiger partial charge in [-0.1, -0.05) is 18.2 Å². The molecule has 17 heavy (non-hydrogen) atoms. The highest BCUT2D eigenvalue weighted by atomic mass is 16.1. The second-order valence-electron chi connectivity index (χ2n) is 3.89. The first kappa shape index (κ1) is 13.1. The van der Waals surface area contributed by atoms with Crippen molar-refractivity contribution in [2.24, 2.45) is 0 Å². The van der Waals surface area contributed by atoms with Gasteiger partial charge in [-0.2, -0.15) is 0 Å². The summed E-state index contributed by atoms with van der Waals surface area (Å²) in [6.45, 7) is 0.674. The Balaban J connectivity index is 2.26. The lowest BCUT2D eigenvalue weighted by Crippen LogP contribution is -2.26. The van der Waals surface area contributed by atoms with Crippen LogP contribution in [0.2, 0.25) is 0 Å². The van der Waals surface area contributed by atoms with Crippen LogP contribution in [-0.4, -0.2) is 12.5 Å². The summed E-state index contributed by atoms with van der Waals surface area (Å²) >= 11 is 0. The first-order chi connectivity index (χ1) is 8.24. The van der Waals surface area contributed by atoms with Crippen molar-refractivity contribution in [2.75, 3.05) is 12.3 Å². The number of terminal acetylenes is 1. The second-order valence-corrected chi connectivity index (χ2v) is 3.89. The quantitative estimate of drug-likeness (QED) is 0.444. The fraction of sp³-hybridized carbons (Fsp3) is 0.357. The topological polar surface area (TPSA) is 55.1 Å². The number of anilines is 1. The van der Waals surface area contributed by atoms with Gasteiger partial charge in [0.25, 0.3) is 0 Å². The molecule has 90 valence electrons. The van der Waals surface area contributed by atoms with E-state index in [0.29, 0.717) is 18.7 Å². The number of nitrogens with one attached hydrogen (secondary N) is 1. The van der Waals surface area contributed by atoms with Crippen LogP contribution in [0.5, 0.6) is 0 Å². The molecule has 0 aliphatic heterocycles.